The normalized spacial score (nSPS) is 41.8. The lowest BCUT2D eigenvalue weighted by Crippen LogP contribution is -2.63. The van der Waals surface area contributed by atoms with Crippen LogP contribution >= 0.6 is 0 Å². The predicted octanol–water partition coefficient (Wildman–Crippen LogP) is 3.31. The van der Waals surface area contributed by atoms with E-state index in [1.165, 1.54) is 6.92 Å². The van der Waals surface area contributed by atoms with Crippen molar-refractivity contribution in [3.63, 3.8) is 0 Å². The Morgan fingerprint density at radius 2 is 1.88 bits per heavy atom. The van der Waals surface area contributed by atoms with Crippen LogP contribution < -0.4 is 0 Å². The Bertz CT molecular complexity index is 906. The van der Waals surface area contributed by atoms with Crippen LogP contribution in [-0.4, -0.2) is 46.9 Å². The standard InChI is InChI=1S/C26H36O7/c1-5-22(31)33-26(21(30)14-32-15(2)27)11-9-19-18-7-6-16-12-17(28)8-10-24(16,3)23(18)20(29)13-25(19,26)4/h12,18-20,23,29H,5-11,13-14H2,1-4H3/t18?,19?,20-,23?,24-,25-,26-/m0/s1. The summed E-state index contributed by atoms with van der Waals surface area (Å²) in [6.07, 6.45) is 5.55. The van der Waals surface area contributed by atoms with Gasteiger partial charge in [0.25, 0.3) is 0 Å². The van der Waals surface area contributed by atoms with E-state index in [0.717, 1.165) is 24.8 Å². The number of ether oxygens (including phenoxy) is 2. The molecule has 0 aromatic heterocycles. The molecule has 182 valence electrons. The molecule has 0 aromatic carbocycles. The highest BCUT2D eigenvalue weighted by Gasteiger charge is 2.70. The molecule has 4 aliphatic rings. The van der Waals surface area contributed by atoms with E-state index in [0.29, 0.717) is 25.7 Å². The maximum absolute atomic E-state index is 13.5. The number of carbonyl (C=O) groups is 4. The molecular formula is C26H36O7. The van der Waals surface area contributed by atoms with Gasteiger partial charge in [-0.05, 0) is 67.8 Å². The number of ketones is 2. The maximum atomic E-state index is 13.5. The first kappa shape index (κ1) is 24.1. The van der Waals surface area contributed by atoms with Gasteiger partial charge in [-0.1, -0.05) is 26.3 Å². The molecule has 0 saturated heterocycles. The van der Waals surface area contributed by atoms with Gasteiger partial charge in [-0.15, -0.1) is 0 Å². The SMILES string of the molecule is CCC(=O)O[C@]1(C(=O)COC(C)=O)CCC2C3CCC4=CC(=O)CC[C@]4(C)C3[C@@H](O)C[C@@]21C. The lowest BCUT2D eigenvalue weighted by molar-refractivity contribution is -0.202. The number of hydrogen-bond acceptors (Lipinski definition) is 7. The van der Waals surface area contributed by atoms with Gasteiger partial charge >= 0.3 is 11.9 Å². The molecule has 4 aliphatic carbocycles. The highest BCUT2D eigenvalue weighted by molar-refractivity contribution is 5.93. The Hall–Kier alpha value is -2.02. The second kappa shape index (κ2) is 8.33. The average Bonchev–Trinajstić information content (AvgIpc) is 3.04. The van der Waals surface area contributed by atoms with Crippen molar-refractivity contribution in [1.29, 1.82) is 0 Å². The third-order valence-corrected chi connectivity index (χ3v) is 9.45. The molecule has 7 atom stereocenters. The summed E-state index contributed by atoms with van der Waals surface area (Å²) in [6, 6.07) is 0. The molecule has 7 heteroatoms. The van der Waals surface area contributed by atoms with Gasteiger partial charge in [0.1, 0.15) is 0 Å². The summed E-state index contributed by atoms with van der Waals surface area (Å²) in [5.41, 5.74) is -1.25. The molecule has 4 rings (SSSR count). The molecule has 33 heavy (non-hydrogen) atoms. The second-order valence-corrected chi connectivity index (χ2v) is 11.0. The van der Waals surface area contributed by atoms with Gasteiger partial charge in [0.05, 0.1) is 6.10 Å². The Labute approximate surface area is 195 Å². The summed E-state index contributed by atoms with van der Waals surface area (Å²) in [5, 5.41) is 11.6. The maximum Gasteiger partial charge on any atom is 0.306 e. The Morgan fingerprint density at radius 1 is 1.15 bits per heavy atom. The molecule has 3 fully saturated rings. The van der Waals surface area contributed by atoms with Crippen molar-refractivity contribution < 1.29 is 33.8 Å². The average molecular weight is 461 g/mol. The van der Waals surface area contributed by atoms with Gasteiger partial charge in [0.15, 0.2) is 18.0 Å². The number of allylic oxidation sites excluding steroid dienone is 1. The number of carbonyl (C=O) groups excluding carboxylic acids is 4. The van der Waals surface area contributed by atoms with Gasteiger partial charge in [-0.2, -0.15) is 0 Å². The Kier molecular flexibility index (Phi) is 6.09. The van der Waals surface area contributed by atoms with Crippen LogP contribution in [0.25, 0.3) is 0 Å². The Balaban J connectivity index is 1.72. The zero-order valence-electron chi connectivity index (χ0n) is 20.1. The van der Waals surface area contributed by atoms with Crippen LogP contribution in [0.1, 0.15) is 79.1 Å². The third-order valence-electron chi connectivity index (χ3n) is 9.45. The minimum absolute atomic E-state index is 0.00456. The van der Waals surface area contributed by atoms with E-state index < -0.39 is 41.4 Å². The van der Waals surface area contributed by atoms with Crippen LogP contribution in [0.2, 0.25) is 0 Å². The number of aliphatic hydroxyl groups excluding tert-OH is 1. The first-order valence-corrected chi connectivity index (χ1v) is 12.3. The first-order valence-electron chi connectivity index (χ1n) is 12.3. The van der Waals surface area contributed by atoms with E-state index in [-0.39, 0.29) is 35.4 Å². The van der Waals surface area contributed by atoms with Crippen molar-refractivity contribution in [1.82, 2.24) is 0 Å². The molecule has 3 unspecified atom stereocenters. The van der Waals surface area contributed by atoms with Crippen LogP contribution in [0.15, 0.2) is 11.6 Å². The van der Waals surface area contributed by atoms with E-state index in [2.05, 4.69) is 6.92 Å². The molecule has 0 heterocycles. The molecule has 0 aromatic rings. The first-order chi connectivity index (χ1) is 15.5. The molecular weight excluding hydrogens is 424 g/mol. The molecule has 0 amide bonds. The number of rotatable bonds is 5. The third kappa shape index (κ3) is 3.58. The highest BCUT2D eigenvalue weighted by Crippen LogP contribution is 2.68. The lowest BCUT2D eigenvalue weighted by Gasteiger charge is -2.60. The molecule has 1 N–H and O–H groups in total. The largest absolute Gasteiger partial charge is 0.458 e. The fourth-order valence-corrected chi connectivity index (χ4v) is 7.91. The second-order valence-electron chi connectivity index (χ2n) is 11.0. The van der Waals surface area contributed by atoms with Crippen molar-refractivity contribution in [2.24, 2.45) is 28.6 Å². The van der Waals surface area contributed by atoms with Crippen LogP contribution in [0.3, 0.4) is 0 Å². The van der Waals surface area contributed by atoms with E-state index in [1.54, 1.807) is 13.0 Å². The van der Waals surface area contributed by atoms with Crippen LogP contribution in [0.5, 0.6) is 0 Å². The van der Waals surface area contributed by atoms with E-state index in [4.69, 9.17) is 9.47 Å². The summed E-state index contributed by atoms with van der Waals surface area (Å²) in [6.45, 7) is 6.64. The fourth-order valence-electron chi connectivity index (χ4n) is 7.91. The highest BCUT2D eigenvalue weighted by atomic mass is 16.6. The van der Waals surface area contributed by atoms with Crippen molar-refractivity contribution in [3.05, 3.63) is 11.6 Å². The number of hydrogen-bond donors (Lipinski definition) is 1. The van der Waals surface area contributed by atoms with Crippen molar-refractivity contribution in [2.45, 2.75) is 90.8 Å². The van der Waals surface area contributed by atoms with E-state index in [1.807, 2.05) is 6.92 Å². The zero-order chi connectivity index (χ0) is 24.2. The monoisotopic (exact) mass is 460 g/mol. The molecule has 3 saturated carbocycles. The van der Waals surface area contributed by atoms with Gasteiger partial charge in [0, 0.05) is 25.2 Å². The minimum atomic E-state index is -1.41. The molecule has 0 aliphatic heterocycles. The molecule has 0 spiro atoms. The number of Topliss-reactive ketones (excluding diaryl/α,β-unsaturated/α-hetero) is 1. The van der Waals surface area contributed by atoms with Gasteiger partial charge < -0.3 is 14.6 Å². The summed E-state index contributed by atoms with van der Waals surface area (Å²) >= 11 is 0. The van der Waals surface area contributed by atoms with Gasteiger partial charge in [0.2, 0.25) is 5.78 Å². The topological polar surface area (TPSA) is 107 Å². The number of fused-ring (bicyclic) bond motifs is 5. The van der Waals surface area contributed by atoms with Crippen LogP contribution in [-0.2, 0) is 28.7 Å². The number of aliphatic hydroxyl groups is 1. The summed E-state index contributed by atoms with van der Waals surface area (Å²) in [4.78, 5) is 49.4. The molecule has 0 bridgehead atoms. The number of esters is 2. The lowest BCUT2D eigenvalue weighted by atomic mass is 9.45. The summed E-state index contributed by atoms with van der Waals surface area (Å²) in [7, 11) is 0. The van der Waals surface area contributed by atoms with Gasteiger partial charge in [-0.3, -0.25) is 19.2 Å². The smallest absolute Gasteiger partial charge is 0.306 e. The minimum Gasteiger partial charge on any atom is -0.458 e. The van der Waals surface area contributed by atoms with Crippen molar-refractivity contribution in [3.8, 4) is 0 Å². The van der Waals surface area contributed by atoms with Crippen molar-refractivity contribution >= 4 is 23.5 Å². The van der Waals surface area contributed by atoms with E-state index >= 15 is 0 Å². The van der Waals surface area contributed by atoms with E-state index in [9.17, 15) is 24.3 Å². The molecule has 0 radical (unpaired) electrons. The van der Waals surface area contributed by atoms with Crippen LogP contribution in [0.4, 0.5) is 0 Å². The quantitative estimate of drug-likeness (QED) is 0.627. The molecule has 7 nitrogen and oxygen atoms in total. The van der Waals surface area contributed by atoms with Gasteiger partial charge in [-0.25, -0.2) is 0 Å². The predicted molar refractivity (Wildman–Crippen MR) is 119 cm³/mol. The van der Waals surface area contributed by atoms with Crippen LogP contribution in [0, 0.1) is 28.6 Å². The Morgan fingerprint density at radius 3 is 2.55 bits per heavy atom. The fraction of sp³-hybridized carbons (Fsp3) is 0.769. The van der Waals surface area contributed by atoms with Crippen molar-refractivity contribution in [2.75, 3.05) is 6.61 Å². The zero-order valence-corrected chi connectivity index (χ0v) is 20.1. The summed E-state index contributed by atoms with van der Waals surface area (Å²) < 4.78 is 11.0. The summed E-state index contributed by atoms with van der Waals surface area (Å²) in [5.74, 6) is -0.999.